The maximum absolute atomic E-state index is 12.6. The van der Waals surface area contributed by atoms with Crippen molar-refractivity contribution in [3.05, 3.63) is 52.6 Å². The Morgan fingerprint density at radius 1 is 0.911 bits per heavy atom. The van der Waals surface area contributed by atoms with Gasteiger partial charge in [-0.25, -0.2) is 0 Å². The van der Waals surface area contributed by atoms with Crippen LogP contribution >= 0.6 is 21.6 Å². The second-order valence-corrected chi connectivity index (χ2v) is 15.5. The largest absolute Gasteiger partial charge is 0.508 e. The standard InChI is InChI=1S/C35H40O8S2/c1-17-5-6-18-13-22-28(20-8-7-19(36)14-21(18)20)24(40-2)16-25-29(22)30-27(45-44-12-10-17)9-11-35(43-25,34(30)39)23-15-26(41-3)32(38)33(42-4)31(23)37/h7-8,14-18,27,30,34,36-39H,5-6,9-13H2,1-4H3/t17-,18+,27-,30+,34+,35-/m0/s1. The number of fused-ring (bicyclic) bond motifs is 5. The van der Waals surface area contributed by atoms with E-state index in [-0.39, 0.29) is 45.8 Å². The third-order valence-electron chi connectivity index (χ3n) is 10.4. The second-order valence-electron chi connectivity index (χ2n) is 12.8. The van der Waals surface area contributed by atoms with Crippen molar-refractivity contribution in [1.82, 2.24) is 0 Å². The average Bonchev–Trinajstić information content (AvgIpc) is 3.03. The Bertz CT molecular complexity index is 1640. The maximum atomic E-state index is 12.6. The van der Waals surface area contributed by atoms with Crippen LogP contribution in [0.1, 0.15) is 73.1 Å². The number of aromatic hydroxyl groups is 3. The number of aliphatic hydroxyl groups excluding tert-OH is 1. The Morgan fingerprint density at radius 3 is 2.47 bits per heavy atom. The van der Waals surface area contributed by atoms with Crippen LogP contribution in [-0.2, 0) is 12.0 Å². The van der Waals surface area contributed by atoms with Crippen LogP contribution in [0.5, 0.6) is 40.2 Å². The third kappa shape index (κ3) is 4.69. The van der Waals surface area contributed by atoms with Crippen molar-refractivity contribution < 1.29 is 39.4 Å². The van der Waals surface area contributed by atoms with Gasteiger partial charge in [0.05, 0.1) is 21.3 Å². The fourth-order valence-corrected chi connectivity index (χ4v) is 11.3. The molecule has 0 radical (unpaired) electrons. The molecule has 0 unspecified atom stereocenters. The van der Waals surface area contributed by atoms with Gasteiger partial charge < -0.3 is 39.4 Å². The lowest BCUT2D eigenvalue weighted by molar-refractivity contribution is -0.112. The van der Waals surface area contributed by atoms with Gasteiger partial charge in [0.25, 0.3) is 0 Å². The first kappa shape index (κ1) is 30.6. The smallest absolute Gasteiger partial charge is 0.207 e. The molecule has 0 amide bonds. The lowest BCUT2D eigenvalue weighted by Crippen LogP contribution is -2.56. The zero-order valence-corrected chi connectivity index (χ0v) is 27.6. The Balaban J connectivity index is 1.49. The number of methoxy groups -OCH3 is 3. The number of benzene rings is 3. The second kappa shape index (κ2) is 11.6. The molecule has 10 heteroatoms. The first-order chi connectivity index (χ1) is 21.7. The van der Waals surface area contributed by atoms with Crippen LogP contribution < -0.4 is 18.9 Å². The molecular formula is C35H40O8S2. The van der Waals surface area contributed by atoms with Crippen molar-refractivity contribution in [2.45, 2.75) is 74.2 Å². The monoisotopic (exact) mass is 652 g/mol. The molecule has 1 saturated carbocycles. The molecule has 7 rings (SSSR count). The minimum atomic E-state index is -1.32. The Labute approximate surface area is 271 Å². The molecule has 240 valence electrons. The lowest BCUT2D eigenvalue weighted by atomic mass is 9.64. The van der Waals surface area contributed by atoms with E-state index in [1.807, 2.05) is 39.8 Å². The average molecular weight is 653 g/mol. The van der Waals surface area contributed by atoms with Gasteiger partial charge in [0.15, 0.2) is 17.1 Å². The molecule has 3 aromatic carbocycles. The summed E-state index contributed by atoms with van der Waals surface area (Å²) in [6.07, 6.45) is 4.11. The Kier molecular flexibility index (Phi) is 7.89. The topological polar surface area (TPSA) is 118 Å². The van der Waals surface area contributed by atoms with Gasteiger partial charge in [-0.05, 0) is 78.8 Å². The zero-order valence-electron chi connectivity index (χ0n) is 26.0. The Morgan fingerprint density at radius 2 is 1.71 bits per heavy atom. The van der Waals surface area contributed by atoms with Crippen LogP contribution in [0, 0.1) is 5.92 Å². The summed E-state index contributed by atoms with van der Waals surface area (Å²) in [4.78, 5) is 0. The molecule has 8 nitrogen and oxygen atoms in total. The van der Waals surface area contributed by atoms with E-state index in [4.69, 9.17) is 18.9 Å². The molecule has 6 atom stereocenters. The molecule has 1 fully saturated rings. The van der Waals surface area contributed by atoms with Gasteiger partial charge in [-0.1, -0.05) is 41.0 Å². The molecule has 2 heterocycles. The highest BCUT2D eigenvalue weighted by Crippen LogP contribution is 2.64. The van der Waals surface area contributed by atoms with E-state index in [2.05, 4.69) is 6.92 Å². The highest BCUT2D eigenvalue weighted by atomic mass is 33.1. The lowest BCUT2D eigenvalue weighted by Gasteiger charge is -2.53. The quantitative estimate of drug-likeness (QED) is 0.215. The summed E-state index contributed by atoms with van der Waals surface area (Å²) >= 11 is 0. The fourth-order valence-electron chi connectivity index (χ4n) is 8.14. The number of hydrogen-bond acceptors (Lipinski definition) is 10. The van der Waals surface area contributed by atoms with Crippen molar-refractivity contribution in [3.63, 3.8) is 0 Å². The molecule has 0 aromatic heterocycles. The molecule has 4 N–H and O–H groups in total. The van der Waals surface area contributed by atoms with Crippen molar-refractivity contribution in [1.29, 1.82) is 0 Å². The molecule has 2 aliphatic carbocycles. The van der Waals surface area contributed by atoms with E-state index < -0.39 is 11.7 Å². The maximum Gasteiger partial charge on any atom is 0.207 e. The van der Waals surface area contributed by atoms with Crippen LogP contribution in [0.3, 0.4) is 0 Å². The van der Waals surface area contributed by atoms with Crippen molar-refractivity contribution in [2.24, 2.45) is 5.92 Å². The molecular weight excluding hydrogens is 613 g/mol. The van der Waals surface area contributed by atoms with Crippen LogP contribution in [0.25, 0.3) is 11.1 Å². The van der Waals surface area contributed by atoms with Crippen molar-refractivity contribution in [2.75, 3.05) is 27.1 Å². The number of ether oxygens (including phenoxy) is 4. The van der Waals surface area contributed by atoms with Crippen LogP contribution in [-0.4, -0.2) is 58.9 Å². The minimum absolute atomic E-state index is 0.0945. The molecule has 0 saturated heterocycles. The number of phenolic OH excluding ortho intramolecular Hbond substituents is 3. The number of phenols is 3. The van der Waals surface area contributed by atoms with Gasteiger partial charge in [0.1, 0.15) is 23.4 Å². The van der Waals surface area contributed by atoms with E-state index in [1.54, 1.807) is 19.2 Å². The zero-order chi connectivity index (χ0) is 31.6. The highest BCUT2D eigenvalue weighted by molar-refractivity contribution is 8.76. The summed E-state index contributed by atoms with van der Waals surface area (Å²) in [5.41, 5.74) is 4.29. The molecule has 2 aliphatic heterocycles. The first-order valence-corrected chi connectivity index (χ1v) is 18.0. The first-order valence-electron chi connectivity index (χ1n) is 15.6. The SMILES string of the molecule is COc1cc([C@@]23CC[C@@H]4SSCC[C@@H](C)CC[C@@H]5Cc6c(c(OC)cc(c6[C@@H]4[C@H]2O)O3)-c2ccc(O)cc25)c(O)c(OC)c1O. The normalized spacial score (nSPS) is 28.5. The number of rotatable bonds is 4. The van der Waals surface area contributed by atoms with Gasteiger partial charge >= 0.3 is 0 Å². The van der Waals surface area contributed by atoms with E-state index in [0.717, 1.165) is 65.7 Å². The minimum Gasteiger partial charge on any atom is -0.508 e. The van der Waals surface area contributed by atoms with Crippen molar-refractivity contribution in [3.8, 4) is 51.4 Å². The van der Waals surface area contributed by atoms with Crippen LogP contribution in [0.4, 0.5) is 0 Å². The van der Waals surface area contributed by atoms with E-state index in [9.17, 15) is 20.4 Å². The third-order valence-corrected chi connectivity index (χ3v) is 13.4. The molecule has 4 bridgehead atoms. The summed E-state index contributed by atoms with van der Waals surface area (Å²) in [6.45, 7) is 2.33. The van der Waals surface area contributed by atoms with E-state index >= 15 is 0 Å². The summed E-state index contributed by atoms with van der Waals surface area (Å²) in [5, 5.41) is 45.4. The van der Waals surface area contributed by atoms with Crippen LogP contribution in [0.2, 0.25) is 0 Å². The van der Waals surface area contributed by atoms with Crippen LogP contribution in [0.15, 0.2) is 30.3 Å². The molecule has 45 heavy (non-hydrogen) atoms. The van der Waals surface area contributed by atoms with Crippen molar-refractivity contribution >= 4 is 21.6 Å². The van der Waals surface area contributed by atoms with E-state index in [0.29, 0.717) is 29.4 Å². The summed E-state index contributed by atoms with van der Waals surface area (Å²) in [6, 6.07) is 9.11. The molecule has 0 spiro atoms. The predicted octanol–water partition coefficient (Wildman–Crippen LogP) is 7.23. The summed E-state index contributed by atoms with van der Waals surface area (Å²) < 4.78 is 23.9. The summed E-state index contributed by atoms with van der Waals surface area (Å²) in [7, 11) is 8.19. The number of aliphatic hydroxyl groups is 1. The highest BCUT2D eigenvalue weighted by Gasteiger charge is 2.59. The fraction of sp³-hybridized carbons (Fsp3) is 0.486. The van der Waals surface area contributed by atoms with E-state index in [1.165, 1.54) is 14.2 Å². The van der Waals surface area contributed by atoms with Gasteiger partial charge in [0, 0.05) is 39.7 Å². The molecule has 3 aromatic rings. The summed E-state index contributed by atoms with van der Waals surface area (Å²) in [5.74, 6) is 2.45. The van der Waals surface area contributed by atoms with Gasteiger partial charge in [-0.3, -0.25) is 0 Å². The number of hydrogen-bond donors (Lipinski definition) is 4. The van der Waals surface area contributed by atoms with Gasteiger partial charge in [0.2, 0.25) is 11.5 Å². The Hall–Kier alpha value is -3.08. The predicted molar refractivity (Wildman–Crippen MR) is 177 cm³/mol. The molecule has 4 aliphatic rings. The van der Waals surface area contributed by atoms with Gasteiger partial charge in [-0.15, -0.1) is 0 Å². The van der Waals surface area contributed by atoms with Gasteiger partial charge in [-0.2, -0.15) is 0 Å².